The first-order valence-electron chi connectivity index (χ1n) is 6.60. The lowest BCUT2D eigenvalue weighted by Gasteiger charge is -2.24. The van der Waals surface area contributed by atoms with Gasteiger partial charge in [-0.2, -0.15) is 8.42 Å². The summed E-state index contributed by atoms with van der Waals surface area (Å²) < 4.78 is 26.4. The molecule has 3 rings (SSSR count). The number of aromatic nitrogens is 2. The van der Waals surface area contributed by atoms with Crippen molar-refractivity contribution in [2.24, 2.45) is 11.1 Å². The molecule has 1 heterocycles. The number of hydrogen-bond acceptors (Lipinski definition) is 9. The van der Waals surface area contributed by atoms with Gasteiger partial charge in [0.2, 0.25) is 0 Å². The van der Waals surface area contributed by atoms with Gasteiger partial charge in [0.25, 0.3) is 0 Å². The van der Waals surface area contributed by atoms with Crippen LogP contribution >= 0.6 is 0 Å². The number of aryl methyl sites for hydroxylation is 1. The van der Waals surface area contributed by atoms with E-state index in [-0.39, 0.29) is 5.82 Å². The average Bonchev–Trinajstić information content (AvgIpc) is 2.78. The van der Waals surface area contributed by atoms with Crippen molar-refractivity contribution in [2.45, 2.75) is 37.2 Å². The van der Waals surface area contributed by atoms with E-state index in [4.69, 9.17) is 10.9 Å². The third-order valence-corrected chi connectivity index (χ3v) is 4.57. The van der Waals surface area contributed by atoms with Gasteiger partial charge in [-0.3, -0.25) is 4.18 Å². The van der Waals surface area contributed by atoms with Gasteiger partial charge in [0.05, 0.1) is 6.04 Å². The Morgan fingerprint density at radius 2 is 2.18 bits per heavy atom. The van der Waals surface area contributed by atoms with Crippen molar-refractivity contribution in [3.63, 3.8) is 0 Å². The number of nitrogens with one attached hydrogen (secondary N) is 1. The molecule has 7 N–H and O–H groups in total. The zero-order chi connectivity index (χ0) is 16.3. The second-order valence-electron chi connectivity index (χ2n) is 5.66. The smallest absolute Gasteiger partial charge is 0.333 e. The van der Waals surface area contributed by atoms with E-state index in [1.807, 2.05) is 0 Å². The summed E-state index contributed by atoms with van der Waals surface area (Å²) in [5.74, 6) is 0.651. The number of fused-ring (bicyclic) bond motifs is 1. The Kier molecular flexibility index (Phi) is 3.30. The Hall–Kier alpha value is -1.53. The van der Waals surface area contributed by atoms with E-state index < -0.39 is 40.1 Å². The molecule has 11 heteroatoms. The SMILES string of the molecule is Cc1nc(N)cc(N[C@@H]2C[C@@H]3C(OS(N)(=O)=O)[C@]3(O)[C@H]2O)n1. The fourth-order valence-corrected chi connectivity index (χ4v) is 3.71. The molecule has 10 nitrogen and oxygen atoms in total. The standard InChI is InChI=1S/C11H17N5O5S/c1-4-14-7(12)3-8(15-4)16-6-2-5-10(21-22(13,19)20)11(5,18)9(6)17/h3,5-6,9-10,17-18H,2H2,1H3,(H2,13,19,20)(H3,12,14,15,16)/t5-,6-,9+,10?,11-/m1/s1. The van der Waals surface area contributed by atoms with Gasteiger partial charge in [0.15, 0.2) is 0 Å². The van der Waals surface area contributed by atoms with E-state index in [1.54, 1.807) is 6.92 Å². The number of aliphatic hydroxyl groups is 2. The number of aliphatic hydroxyl groups excluding tert-OH is 1. The molecule has 22 heavy (non-hydrogen) atoms. The van der Waals surface area contributed by atoms with Crippen molar-refractivity contribution in [3.05, 3.63) is 11.9 Å². The Balaban J connectivity index is 1.71. The number of hydrogen-bond donors (Lipinski definition) is 5. The quantitative estimate of drug-likeness (QED) is 0.412. The molecule has 0 spiro atoms. The lowest BCUT2D eigenvalue weighted by molar-refractivity contribution is -0.0205. The summed E-state index contributed by atoms with van der Waals surface area (Å²) in [5, 5.41) is 28.3. The first-order valence-corrected chi connectivity index (χ1v) is 8.07. The summed E-state index contributed by atoms with van der Waals surface area (Å²) in [5.41, 5.74) is 3.99. The van der Waals surface area contributed by atoms with Crippen molar-refractivity contribution in [3.8, 4) is 0 Å². The van der Waals surface area contributed by atoms with Gasteiger partial charge in [-0.25, -0.2) is 15.1 Å². The highest BCUT2D eigenvalue weighted by Gasteiger charge is 2.76. The molecule has 2 aliphatic rings. The first kappa shape index (κ1) is 15.4. The average molecular weight is 331 g/mol. The van der Waals surface area contributed by atoms with Gasteiger partial charge in [-0.05, 0) is 13.3 Å². The highest BCUT2D eigenvalue weighted by atomic mass is 32.2. The molecule has 1 aromatic heterocycles. The van der Waals surface area contributed by atoms with E-state index in [1.165, 1.54) is 6.07 Å². The normalized spacial score (nSPS) is 36.9. The Morgan fingerprint density at radius 3 is 2.68 bits per heavy atom. The molecule has 2 fully saturated rings. The molecule has 0 aliphatic heterocycles. The molecule has 2 aliphatic carbocycles. The summed E-state index contributed by atoms with van der Waals surface area (Å²) in [6.07, 6.45) is -1.94. The maximum Gasteiger partial charge on any atom is 0.333 e. The van der Waals surface area contributed by atoms with Crippen LogP contribution in [0.2, 0.25) is 0 Å². The third-order valence-electron chi connectivity index (χ3n) is 4.10. The van der Waals surface area contributed by atoms with Crippen LogP contribution in [-0.4, -0.2) is 52.4 Å². The molecule has 5 atom stereocenters. The van der Waals surface area contributed by atoms with Crippen LogP contribution in [0.3, 0.4) is 0 Å². The summed E-state index contributed by atoms with van der Waals surface area (Å²) in [6.45, 7) is 1.67. The molecule has 1 aromatic rings. The number of nitrogen functional groups attached to an aromatic ring is 1. The Bertz CT molecular complexity index is 693. The third kappa shape index (κ3) is 2.50. The highest BCUT2D eigenvalue weighted by Crippen LogP contribution is 2.58. The molecular weight excluding hydrogens is 314 g/mol. The van der Waals surface area contributed by atoms with E-state index in [0.29, 0.717) is 18.1 Å². The van der Waals surface area contributed by atoms with Crippen molar-refractivity contribution in [1.29, 1.82) is 0 Å². The largest absolute Gasteiger partial charge is 0.388 e. The molecule has 0 amide bonds. The number of nitrogens with two attached hydrogens (primary N) is 2. The lowest BCUT2D eigenvalue weighted by Crippen LogP contribution is -2.43. The van der Waals surface area contributed by atoms with Crippen LogP contribution in [-0.2, 0) is 14.5 Å². The summed E-state index contributed by atoms with van der Waals surface area (Å²) >= 11 is 0. The molecule has 122 valence electrons. The Labute approximate surface area is 126 Å². The second kappa shape index (κ2) is 4.73. The van der Waals surface area contributed by atoms with Crippen LogP contribution in [0.15, 0.2) is 6.07 Å². The van der Waals surface area contributed by atoms with E-state index in [2.05, 4.69) is 19.5 Å². The van der Waals surface area contributed by atoms with Crippen LogP contribution < -0.4 is 16.2 Å². The van der Waals surface area contributed by atoms with Gasteiger partial charge in [0.1, 0.15) is 35.3 Å². The van der Waals surface area contributed by atoms with Gasteiger partial charge in [-0.15, -0.1) is 0 Å². The van der Waals surface area contributed by atoms with Gasteiger partial charge < -0.3 is 21.3 Å². The first-order chi connectivity index (χ1) is 10.1. The van der Waals surface area contributed by atoms with Crippen LogP contribution in [0.25, 0.3) is 0 Å². The van der Waals surface area contributed by atoms with E-state index in [0.717, 1.165) is 0 Å². The summed E-state index contributed by atoms with van der Waals surface area (Å²) in [6, 6.07) is 0.996. The topological polar surface area (TPSA) is 174 Å². The minimum atomic E-state index is -4.18. The molecule has 0 radical (unpaired) electrons. The molecule has 1 unspecified atom stereocenters. The summed E-state index contributed by atoms with van der Waals surface area (Å²) in [4.78, 5) is 8.06. The number of anilines is 2. The van der Waals surface area contributed by atoms with E-state index >= 15 is 0 Å². The fraction of sp³-hybridized carbons (Fsp3) is 0.636. The van der Waals surface area contributed by atoms with Crippen LogP contribution in [0.1, 0.15) is 12.2 Å². The zero-order valence-corrected chi connectivity index (χ0v) is 12.5. The molecule has 0 bridgehead atoms. The molecule has 0 saturated heterocycles. The second-order valence-corrected chi connectivity index (χ2v) is 6.84. The van der Waals surface area contributed by atoms with Crippen molar-refractivity contribution >= 4 is 21.9 Å². The van der Waals surface area contributed by atoms with Crippen molar-refractivity contribution in [2.75, 3.05) is 11.1 Å². The monoisotopic (exact) mass is 331 g/mol. The molecular formula is C11H17N5O5S. The lowest BCUT2D eigenvalue weighted by atomic mass is 10.1. The van der Waals surface area contributed by atoms with Crippen LogP contribution in [0.4, 0.5) is 11.6 Å². The van der Waals surface area contributed by atoms with Gasteiger partial charge in [0, 0.05) is 12.0 Å². The summed E-state index contributed by atoms with van der Waals surface area (Å²) in [7, 11) is -4.18. The minimum Gasteiger partial charge on any atom is -0.388 e. The number of nitrogens with zero attached hydrogens (tertiary/aromatic N) is 2. The van der Waals surface area contributed by atoms with Gasteiger partial charge >= 0.3 is 10.3 Å². The zero-order valence-electron chi connectivity index (χ0n) is 11.7. The van der Waals surface area contributed by atoms with Crippen molar-refractivity contribution < 1.29 is 22.8 Å². The maximum atomic E-state index is 10.9. The van der Waals surface area contributed by atoms with Crippen LogP contribution in [0, 0.1) is 12.8 Å². The molecule has 0 aromatic carbocycles. The minimum absolute atomic E-state index is 0.279. The van der Waals surface area contributed by atoms with Gasteiger partial charge in [-0.1, -0.05) is 0 Å². The number of rotatable bonds is 4. The van der Waals surface area contributed by atoms with Crippen LogP contribution in [0.5, 0.6) is 0 Å². The fourth-order valence-electron chi connectivity index (χ4n) is 3.14. The van der Waals surface area contributed by atoms with Crippen molar-refractivity contribution in [1.82, 2.24) is 9.97 Å². The Morgan fingerprint density at radius 1 is 1.50 bits per heavy atom. The predicted octanol–water partition coefficient (Wildman–Crippen LogP) is -2.14. The predicted molar refractivity (Wildman–Crippen MR) is 75.6 cm³/mol. The maximum absolute atomic E-state index is 10.9. The highest BCUT2D eigenvalue weighted by molar-refractivity contribution is 7.84. The molecule has 2 saturated carbocycles. The van der Waals surface area contributed by atoms with E-state index in [9.17, 15) is 18.6 Å².